The van der Waals surface area contributed by atoms with Crippen molar-refractivity contribution in [2.45, 2.75) is 6.61 Å². The summed E-state index contributed by atoms with van der Waals surface area (Å²) in [6.07, 6.45) is 4.04. The molecule has 0 heterocycles. The van der Waals surface area contributed by atoms with Crippen LogP contribution in [0.15, 0.2) is 40.9 Å². The molecule has 0 fully saturated rings. The minimum atomic E-state index is 0.659. The Morgan fingerprint density at radius 3 is 2.86 bits per heavy atom. The first-order valence-electron chi connectivity index (χ1n) is 4.36. The van der Waals surface area contributed by atoms with Crippen molar-refractivity contribution < 1.29 is 4.74 Å². The number of allylic oxidation sites excluding steroid dienone is 1. The average molecular weight is 320 g/mol. The molecule has 0 saturated heterocycles. The second-order valence-corrected chi connectivity index (χ2v) is 4.33. The van der Waals surface area contributed by atoms with E-state index in [1.54, 1.807) is 0 Å². The Bertz CT molecular complexity index is 297. The number of alkyl halides is 1. The summed E-state index contributed by atoms with van der Waals surface area (Å²) in [6, 6.07) is 8.14. The molecule has 0 aromatic heterocycles. The number of hydrogen-bond donors (Lipinski definition) is 0. The van der Waals surface area contributed by atoms with Crippen LogP contribution in [0, 0.1) is 0 Å². The van der Waals surface area contributed by atoms with E-state index in [1.165, 1.54) is 5.56 Å². The quantitative estimate of drug-likeness (QED) is 0.454. The average Bonchev–Trinajstić information content (AvgIpc) is 2.18. The van der Waals surface area contributed by atoms with Crippen LogP contribution >= 0.6 is 31.9 Å². The normalized spacial score (nSPS) is 11.0. The van der Waals surface area contributed by atoms with E-state index < -0.39 is 0 Å². The van der Waals surface area contributed by atoms with E-state index in [0.717, 1.165) is 9.80 Å². The van der Waals surface area contributed by atoms with Crippen molar-refractivity contribution >= 4 is 31.9 Å². The van der Waals surface area contributed by atoms with E-state index >= 15 is 0 Å². The molecule has 0 radical (unpaired) electrons. The molecule has 1 aromatic rings. The van der Waals surface area contributed by atoms with Crippen LogP contribution < -0.4 is 0 Å². The van der Waals surface area contributed by atoms with Gasteiger partial charge in [-0.25, -0.2) is 0 Å². The highest BCUT2D eigenvalue weighted by molar-refractivity contribution is 9.10. The molecule has 0 unspecified atom stereocenters. The van der Waals surface area contributed by atoms with Crippen LogP contribution in [0.5, 0.6) is 0 Å². The first-order chi connectivity index (χ1) is 6.83. The lowest BCUT2D eigenvalue weighted by Gasteiger charge is -2.01. The molecule has 3 heteroatoms. The Morgan fingerprint density at radius 1 is 1.29 bits per heavy atom. The van der Waals surface area contributed by atoms with Crippen molar-refractivity contribution in [2.24, 2.45) is 0 Å². The predicted octanol–water partition coefficient (Wildman–Crippen LogP) is 3.92. The lowest BCUT2D eigenvalue weighted by Crippen LogP contribution is -1.92. The van der Waals surface area contributed by atoms with Gasteiger partial charge in [0.15, 0.2) is 0 Å². The molecule has 76 valence electrons. The number of halogens is 2. The summed E-state index contributed by atoms with van der Waals surface area (Å²) in [5, 5.41) is 0.882. The smallest absolute Gasteiger partial charge is 0.0721 e. The first-order valence-corrected chi connectivity index (χ1v) is 6.27. The van der Waals surface area contributed by atoms with Gasteiger partial charge in [0, 0.05) is 9.80 Å². The van der Waals surface area contributed by atoms with Crippen molar-refractivity contribution in [3.8, 4) is 0 Å². The Kier molecular flexibility index (Phi) is 6.15. The molecule has 0 aliphatic carbocycles. The van der Waals surface area contributed by atoms with Crippen LogP contribution in [0.3, 0.4) is 0 Å². The molecule has 0 atom stereocenters. The molecule has 0 amide bonds. The third-order valence-electron chi connectivity index (χ3n) is 1.63. The standard InChI is InChI=1S/C11H12Br2O/c12-6-1-2-7-14-9-10-4-3-5-11(13)8-10/h1-5,8H,6-7,9H2. The van der Waals surface area contributed by atoms with Crippen molar-refractivity contribution in [2.75, 3.05) is 11.9 Å². The Hall–Kier alpha value is -0.120. The van der Waals surface area contributed by atoms with Crippen LogP contribution in [-0.4, -0.2) is 11.9 Å². The Morgan fingerprint density at radius 2 is 2.14 bits per heavy atom. The van der Waals surface area contributed by atoms with Gasteiger partial charge in [-0.05, 0) is 17.7 Å². The zero-order valence-electron chi connectivity index (χ0n) is 7.75. The number of rotatable bonds is 5. The third-order valence-corrected chi connectivity index (χ3v) is 2.49. The van der Waals surface area contributed by atoms with E-state index in [-0.39, 0.29) is 0 Å². The van der Waals surface area contributed by atoms with Crippen molar-refractivity contribution in [3.05, 3.63) is 46.5 Å². The van der Waals surface area contributed by atoms with E-state index in [2.05, 4.69) is 44.0 Å². The second-order valence-electron chi connectivity index (χ2n) is 2.77. The highest BCUT2D eigenvalue weighted by atomic mass is 79.9. The summed E-state index contributed by atoms with van der Waals surface area (Å²) in [7, 11) is 0. The molecule has 0 bridgehead atoms. The topological polar surface area (TPSA) is 9.23 Å². The fraction of sp³-hybridized carbons (Fsp3) is 0.273. The van der Waals surface area contributed by atoms with Crippen LogP contribution in [-0.2, 0) is 11.3 Å². The molecule has 0 aliphatic heterocycles. The van der Waals surface area contributed by atoms with Crippen molar-refractivity contribution in [1.82, 2.24) is 0 Å². The SMILES string of the molecule is BrCC=CCOCc1cccc(Br)c1. The summed E-state index contributed by atoms with van der Waals surface area (Å²) in [5.41, 5.74) is 1.19. The van der Waals surface area contributed by atoms with E-state index in [0.29, 0.717) is 13.2 Å². The monoisotopic (exact) mass is 318 g/mol. The molecule has 0 N–H and O–H groups in total. The highest BCUT2D eigenvalue weighted by Gasteiger charge is 1.92. The van der Waals surface area contributed by atoms with Crippen LogP contribution in [0.25, 0.3) is 0 Å². The van der Waals surface area contributed by atoms with Crippen LogP contribution in [0.4, 0.5) is 0 Å². The van der Waals surface area contributed by atoms with E-state index in [9.17, 15) is 0 Å². The fourth-order valence-electron chi connectivity index (χ4n) is 1.00. The van der Waals surface area contributed by atoms with Crippen molar-refractivity contribution in [3.63, 3.8) is 0 Å². The zero-order chi connectivity index (χ0) is 10.2. The molecule has 1 nitrogen and oxygen atoms in total. The lowest BCUT2D eigenvalue weighted by molar-refractivity contribution is 0.148. The second kappa shape index (κ2) is 7.21. The molecular weight excluding hydrogens is 308 g/mol. The predicted molar refractivity (Wildman–Crippen MR) is 66.7 cm³/mol. The summed E-state index contributed by atoms with van der Waals surface area (Å²) in [5.74, 6) is 0. The molecule has 0 aliphatic rings. The molecule has 0 saturated carbocycles. The summed E-state index contributed by atoms with van der Waals surface area (Å²) in [6.45, 7) is 1.32. The van der Waals surface area contributed by atoms with E-state index in [1.807, 2.05) is 24.3 Å². The van der Waals surface area contributed by atoms with Gasteiger partial charge in [0.05, 0.1) is 13.2 Å². The van der Waals surface area contributed by atoms with E-state index in [4.69, 9.17) is 4.74 Å². The van der Waals surface area contributed by atoms with Crippen molar-refractivity contribution in [1.29, 1.82) is 0 Å². The Balaban J connectivity index is 2.28. The lowest BCUT2D eigenvalue weighted by atomic mass is 10.2. The molecule has 1 rings (SSSR count). The third kappa shape index (κ3) is 4.94. The number of hydrogen-bond acceptors (Lipinski definition) is 1. The molecule has 1 aromatic carbocycles. The van der Waals surface area contributed by atoms with Gasteiger partial charge in [-0.1, -0.05) is 56.1 Å². The summed E-state index contributed by atoms with van der Waals surface area (Å²) < 4.78 is 6.54. The van der Waals surface area contributed by atoms with Gasteiger partial charge in [-0.15, -0.1) is 0 Å². The zero-order valence-corrected chi connectivity index (χ0v) is 10.9. The molecule has 14 heavy (non-hydrogen) atoms. The van der Waals surface area contributed by atoms with Gasteiger partial charge >= 0.3 is 0 Å². The maximum absolute atomic E-state index is 5.45. The van der Waals surface area contributed by atoms with Gasteiger partial charge in [0.25, 0.3) is 0 Å². The van der Waals surface area contributed by atoms with Gasteiger partial charge in [-0.2, -0.15) is 0 Å². The molecule has 0 spiro atoms. The minimum Gasteiger partial charge on any atom is -0.373 e. The minimum absolute atomic E-state index is 0.659. The van der Waals surface area contributed by atoms with Crippen LogP contribution in [0.2, 0.25) is 0 Å². The van der Waals surface area contributed by atoms with Crippen LogP contribution in [0.1, 0.15) is 5.56 Å². The molecular formula is C11H12Br2O. The number of benzene rings is 1. The maximum Gasteiger partial charge on any atom is 0.0721 e. The Labute approximate surface area is 101 Å². The first kappa shape index (κ1) is 12.0. The summed E-state index contributed by atoms with van der Waals surface area (Å²) in [4.78, 5) is 0. The van der Waals surface area contributed by atoms with Gasteiger partial charge in [-0.3, -0.25) is 0 Å². The number of ether oxygens (including phenoxy) is 1. The summed E-state index contributed by atoms with van der Waals surface area (Å²) >= 11 is 6.73. The van der Waals surface area contributed by atoms with Gasteiger partial charge < -0.3 is 4.74 Å². The maximum atomic E-state index is 5.45. The fourth-order valence-corrected chi connectivity index (χ4v) is 1.71. The van der Waals surface area contributed by atoms with Gasteiger partial charge in [0.1, 0.15) is 0 Å². The highest BCUT2D eigenvalue weighted by Crippen LogP contribution is 2.12. The van der Waals surface area contributed by atoms with Gasteiger partial charge in [0.2, 0.25) is 0 Å². The largest absolute Gasteiger partial charge is 0.373 e.